The second-order valence-corrected chi connectivity index (χ2v) is 6.68. The van der Waals surface area contributed by atoms with Gasteiger partial charge in [-0.3, -0.25) is 4.79 Å². The standard InChI is InChI=1S/C21H27NO3.ClH/c1-14(2)22-12-18(23)13-25-19-11-15(3)10-16(4)20(19)21(24)17-8-6-5-7-9-17;/h5-11,14,18,22-23H,12-13H2,1-4H3;1H/t18-;/m1./s1. The zero-order valence-corrected chi connectivity index (χ0v) is 16.6. The summed E-state index contributed by atoms with van der Waals surface area (Å²) >= 11 is 0. The van der Waals surface area contributed by atoms with Crippen LogP contribution < -0.4 is 10.1 Å². The number of aliphatic hydroxyl groups excluding tert-OH is 1. The fourth-order valence-electron chi connectivity index (χ4n) is 2.68. The van der Waals surface area contributed by atoms with Gasteiger partial charge in [0.25, 0.3) is 0 Å². The Kier molecular flexibility index (Phi) is 8.79. The second kappa shape index (κ2) is 10.3. The quantitative estimate of drug-likeness (QED) is 0.689. The lowest BCUT2D eigenvalue weighted by atomic mass is 9.96. The molecule has 0 saturated heterocycles. The van der Waals surface area contributed by atoms with E-state index in [0.29, 0.717) is 29.5 Å². The number of hydrogen-bond acceptors (Lipinski definition) is 4. The Morgan fingerprint density at radius 3 is 2.42 bits per heavy atom. The van der Waals surface area contributed by atoms with E-state index in [4.69, 9.17) is 4.74 Å². The predicted octanol–water partition coefficient (Wildman–Crippen LogP) is 3.69. The van der Waals surface area contributed by atoms with Crippen LogP contribution in [0.2, 0.25) is 0 Å². The lowest BCUT2D eigenvalue weighted by Crippen LogP contribution is -2.35. The minimum atomic E-state index is -0.636. The molecular weight excluding hydrogens is 350 g/mol. The first-order chi connectivity index (χ1) is 11.9. The number of rotatable bonds is 8. The van der Waals surface area contributed by atoms with Crippen molar-refractivity contribution in [1.82, 2.24) is 5.32 Å². The van der Waals surface area contributed by atoms with Crippen LogP contribution in [0.4, 0.5) is 0 Å². The number of ketones is 1. The number of carbonyl (C=O) groups excluding carboxylic acids is 1. The number of hydrogen-bond donors (Lipinski definition) is 2. The van der Waals surface area contributed by atoms with Crippen molar-refractivity contribution < 1.29 is 14.6 Å². The van der Waals surface area contributed by atoms with Crippen LogP contribution in [0.1, 0.15) is 40.9 Å². The van der Waals surface area contributed by atoms with Gasteiger partial charge in [0.2, 0.25) is 0 Å². The topological polar surface area (TPSA) is 58.6 Å². The maximum atomic E-state index is 12.9. The lowest BCUT2D eigenvalue weighted by Gasteiger charge is -2.18. The van der Waals surface area contributed by atoms with Gasteiger partial charge in [0.15, 0.2) is 5.78 Å². The average molecular weight is 378 g/mol. The van der Waals surface area contributed by atoms with E-state index in [9.17, 15) is 9.90 Å². The van der Waals surface area contributed by atoms with Gasteiger partial charge in [-0.1, -0.05) is 50.2 Å². The van der Waals surface area contributed by atoms with Crippen LogP contribution >= 0.6 is 12.4 Å². The Morgan fingerprint density at radius 1 is 1.15 bits per heavy atom. The predicted molar refractivity (Wildman–Crippen MR) is 108 cm³/mol. The summed E-state index contributed by atoms with van der Waals surface area (Å²) in [4.78, 5) is 12.9. The SMILES string of the molecule is Cc1cc(C)c(C(=O)c2ccccc2)c(OC[C@H](O)CNC(C)C)c1.Cl. The molecule has 0 unspecified atom stereocenters. The van der Waals surface area contributed by atoms with Gasteiger partial charge in [0, 0.05) is 18.2 Å². The van der Waals surface area contributed by atoms with E-state index < -0.39 is 6.10 Å². The molecule has 0 spiro atoms. The van der Waals surface area contributed by atoms with Crippen molar-refractivity contribution >= 4 is 18.2 Å². The highest BCUT2D eigenvalue weighted by Crippen LogP contribution is 2.27. The first-order valence-electron chi connectivity index (χ1n) is 8.63. The first-order valence-corrected chi connectivity index (χ1v) is 8.63. The molecule has 5 heteroatoms. The monoisotopic (exact) mass is 377 g/mol. The van der Waals surface area contributed by atoms with Gasteiger partial charge in [-0.05, 0) is 31.0 Å². The van der Waals surface area contributed by atoms with Crippen molar-refractivity contribution in [3.05, 3.63) is 64.7 Å². The summed E-state index contributed by atoms with van der Waals surface area (Å²) in [5.41, 5.74) is 3.08. The summed E-state index contributed by atoms with van der Waals surface area (Å²) in [5.74, 6) is 0.456. The van der Waals surface area contributed by atoms with Crippen molar-refractivity contribution in [1.29, 1.82) is 0 Å². The number of carbonyl (C=O) groups is 1. The van der Waals surface area contributed by atoms with E-state index in [-0.39, 0.29) is 24.8 Å². The summed E-state index contributed by atoms with van der Waals surface area (Å²) in [5, 5.41) is 13.2. The van der Waals surface area contributed by atoms with E-state index >= 15 is 0 Å². The summed E-state index contributed by atoms with van der Waals surface area (Å²) in [7, 11) is 0. The van der Waals surface area contributed by atoms with E-state index in [0.717, 1.165) is 11.1 Å². The molecule has 1 atom stereocenters. The fraction of sp³-hybridized carbons (Fsp3) is 0.381. The molecule has 2 N–H and O–H groups in total. The smallest absolute Gasteiger partial charge is 0.197 e. The molecule has 0 aliphatic heterocycles. The number of ether oxygens (including phenoxy) is 1. The highest BCUT2D eigenvalue weighted by molar-refractivity contribution is 6.11. The minimum absolute atomic E-state index is 0. The summed E-state index contributed by atoms with van der Waals surface area (Å²) < 4.78 is 5.82. The Balaban J connectivity index is 0.00000338. The molecule has 2 rings (SSSR count). The van der Waals surface area contributed by atoms with Gasteiger partial charge < -0.3 is 15.2 Å². The number of aliphatic hydroxyl groups is 1. The Labute approximate surface area is 162 Å². The van der Waals surface area contributed by atoms with Gasteiger partial charge in [-0.15, -0.1) is 12.4 Å². The Morgan fingerprint density at radius 2 is 1.81 bits per heavy atom. The third-order valence-electron chi connectivity index (χ3n) is 3.90. The van der Waals surface area contributed by atoms with Crippen LogP contribution in [0, 0.1) is 13.8 Å². The molecule has 0 bridgehead atoms. The Hall–Kier alpha value is -1.88. The second-order valence-electron chi connectivity index (χ2n) is 6.68. The van der Waals surface area contributed by atoms with Gasteiger partial charge in [-0.25, -0.2) is 0 Å². The third-order valence-corrected chi connectivity index (χ3v) is 3.90. The fourth-order valence-corrected chi connectivity index (χ4v) is 2.68. The largest absolute Gasteiger partial charge is 0.490 e. The Bertz CT molecular complexity index is 717. The van der Waals surface area contributed by atoms with E-state index in [1.807, 2.05) is 58.0 Å². The molecule has 0 fully saturated rings. The zero-order valence-electron chi connectivity index (χ0n) is 15.8. The summed E-state index contributed by atoms with van der Waals surface area (Å²) in [6, 6.07) is 13.3. The molecule has 0 saturated carbocycles. The minimum Gasteiger partial charge on any atom is -0.490 e. The first kappa shape index (κ1) is 22.2. The van der Waals surface area contributed by atoms with Crippen molar-refractivity contribution in [3.63, 3.8) is 0 Å². The molecule has 0 heterocycles. The van der Waals surface area contributed by atoms with Gasteiger partial charge >= 0.3 is 0 Å². The summed E-state index contributed by atoms with van der Waals surface area (Å²) in [6.07, 6.45) is -0.636. The van der Waals surface area contributed by atoms with Crippen molar-refractivity contribution in [2.24, 2.45) is 0 Å². The van der Waals surface area contributed by atoms with Crippen LogP contribution in [0.3, 0.4) is 0 Å². The van der Waals surface area contributed by atoms with Crippen molar-refractivity contribution in [3.8, 4) is 5.75 Å². The normalized spacial score (nSPS) is 11.8. The highest BCUT2D eigenvalue weighted by atomic mass is 35.5. The number of halogens is 1. The van der Waals surface area contributed by atoms with E-state index in [1.165, 1.54) is 0 Å². The van der Waals surface area contributed by atoms with Crippen LogP contribution in [0.5, 0.6) is 5.75 Å². The van der Waals surface area contributed by atoms with Crippen LogP contribution in [0.15, 0.2) is 42.5 Å². The summed E-state index contributed by atoms with van der Waals surface area (Å²) in [6.45, 7) is 8.50. The maximum absolute atomic E-state index is 12.9. The zero-order chi connectivity index (χ0) is 18.4. The molecule has 142 valence electrons. The van der Waals surface area contributed by atoms with Crippen molar-refractivity contribution in [2.45, 2.75) is 39.8 Å². The number of aryl methyl sites for hydroxylation is 2. The molecule has 2 aromatic rings. The molecule has 0 radical (unpaired) electrons. The molecule has 2 aromatic carbocycles. The molecule has 0 amide bonds. The molecular formula is C21H28ClNO3. The molecule has 0 aromatic heterocycles. The van der Waals surface area contributed by atoms with Crippen molar-refractivity contribution in [2.75, 3.05) is 13.2 Å². The molecule has 26 heavy (non-hydrogen) atoms. The number of nitrogens with one attached hydrogen (secondary N) is 1. The third kappa shape index (κ3) is 6.13. The van der Waals surface area contributed by atoms with Gasteiger partial charge in [0.05, 0.1) is 5.56 Å². The highest BCUT2D eigenvalue weighted by Gasteiger charge is 2.19. The van der Waals surface area contributed by atoms with Gasteiger partial charge in [-0.2, -0.15) is 0 Å². The number of benzene rings is 2. The van der Waals surface area contributed by atoms with Gasteiger partial charge in [0.1, 0.15) is 18.5 Å². The molecule has 0 aliphatic carbocycles. The molecule has 4 nitrogen and oxygen atoms in total. The van der Waals surface area contributed by atoms with Crippen LogP contribution in [-0.2, 0) is 0 Å². The van der Waals surface area contributed by atoms with Crippen LogP contribution in [-0.4, -0.2) is 36.2 Å². The molecule has 0 aliphatic rings. The van der Waals surface area contributed by atoms with E-state index in [1.54, 1.807) is 12.1 Å². The average Bonchev–Trinajstić information content (AvgIpc) is 2.58. The maximum Gasteiger partial charge on any atom is 0.197 e. The van der Waals surface area contributed by atoms with Crippen LogP contribution in [0.25, 0.3) is 0 Å². The van der Waals surface area contributed by atoms with E-state index in [2.05, 4.69) is 5.32 Å². The lowest BCUT2D eigenvalue weighted by molar-refractivity contribution is 0.0981.